The number of imide groups is 1. The topological polar surface area (TPSA) is 77.1 Å². The van der Waals surface area contributed by atoms with Gasteiger partial charge in [0.15, 0.2) is 0 Å². The van der Waals surface area contributed by atoms with Crippen LogP contribution in [0.2, 0.25) is 0 Å². The van der Waals surface area contributed by atoms with Crippen LogP contribution in [-0.4, -0.2) is 44.2 Å². The van der Waals surface area contributed by atoms with Gasteiger partial charge in [-0.3, -0.25) is 9.59 Å². The number of hydrogen-bond donors (Lipinski definition) is 1. The van der Waals surface area contributed by atoms with E-state index < -0.39 is 11.8 Å². The number of ether oxygens (including phenoxy) is 3. The predicted molar refractivity (Wildman–Crippen MR) is 134 cm³/mol. The first kappa shape index (κ1) is 27.2. The summed E-state index contributed by atoms with van der Waals surface area (Å²) in [6, 6.07) is 8.37. The number of hydrogen-bond acceptors (Lipinski definition) is 6. The molecule has 0 bridgehead atoms. The molecule has 0 aliphatic heterocycles. The lowest BCUT2D eigenvalue weighted by Gasteiger charge is -2.36. The molecule has 0 fully saturated rings. The molecule has 0 saturated heterocycles. The largest absolute Gasteiger partial charge is 0.496 e. The van der Waals surface area contributed by atoms with Crippen LogP contribution in [0.5, 0.6) is 17.2 Å². The van der Waals surface area contributed by atoms with Gasteiger partial charge in [-0.05, 0) is 49.9 Å². The average molecular weight is 471 g/mol. The van der Waals surface area contributed by atoms with Crippen molar-refractivity contribution in [3.8, 4) is 17.2 Å². The van der Waals surface area contributed by atoms with Gasteiger partial charge >= 0.3 is 0 Å². The van der Waals surface area contributed by atoms with E-state index in [0.717, 1.165) is 23.4 Å². The van der Waals surface area contributed by atoms with Crippen molar-refractivity contribution >= 4 is 11.8 Å². The predicted octanol–water partition coefficient (Wildman–Crippen LogP) is 5.33. The van der Waals surface area contributed by atoms with E-state index in [1.54, 1.807) is 44.4 Å². The summed E-state index contributed by atoms with van der Waals surface area (Å²) in [6.07, 6.45) is 1.69. The Morgan fingerprint density at radius 2 is 1.47 bits per heavy atom. The summed E-state index contributed by atoms with van der Waals surface area (Å²) >= 11 is 0. The molecule has 0 saturated carbocycles. The molecule has 7 nitrogen and oxygen atoms in total. The monoisotopic (exact) mass is 470 g/mol. The molecule has 7 heteroatoms. The zero-order valence-corrected chi connectivity index (χ0v) is 21.9. The highest BCUT2D eigenvalue weighted by atomic mass is 16.5. The Hall–Kier alpha value is -3.06. The maximum Gasteiger partial charge on any atom is 0.275 e. The summed E-state index contributed by atoms with van der Waals surface area (Å²) in [5.41, 5.74) is 5.17. The Bertz CT molecular complexity index is 1000. The first-order chi connectivity index (χ1) is 16.0. The Labute approximate surface area is 203 Å². The second-order valence-electron chi connectivity index (χ2n) is 9.42. The van der Waals surface area contributed by atoms with E-state index in [2.05, 4.69) is 33.1 Å². The van der Waals surface area contributed by atoms with Crippen LogP contribution in [0, 0.1) is 19.3 Å². The molecule has 0 aliphatic rings. The smallest absolute Gasteiger partial charge is 0.275 e. The molecule has 34 heavy (non-hydrogen) atoms. The zero-order chi connectivity index (χ0) is 25.6. The van der Waals surface area contributed by atoms with Gasteiger partial charge in [-0.1, -0.05) is 40.2 Å². The van der Waals surface area contributed by atoms with Crippen LogP contribution in [0.25, 0.3) is 0 Å². The third-order valence-electron chi connectivity index (χ3n) is 6.05. The Balaban J connectivity index is 2.64. The molecular weight excluding hydrogens is 432 g/mol. The lowest BCUT2D eigenvalue weighted by Crippen LogP contribution is -2.55. The Kier molecular flexibility index (Phi) is 9.10. The molecule has 1 atom stereocenters. The van der Waals surface area contributed by atoms with Crippen LogP contribution in [0.1, 0.15) is 72.4 Å². The molecule has 2 rings (SSSR count). The summed E-state index contributed by atoms with van der Waals surface area (Å²) < 4.78 is 16.3. The van der Waals surface area contributed by atoms with Gasteiger partial charge in [-0.15, -0.1) is 0 Å². The van der Waals surface area contributed by atoms with Gasteiger partial charge in [-0.25, -0.2) is 10.4 Å². The van der Waals surface area contributed by atoms with Crippen molar-refractivity contribution in [1.82, 2.24) is 10.4 Å². The van der Waals surface area contributed by atoms with Crippen molar-refractivity contribution in [2.75, 3.05) is 21.3 Å². The highest BCUT2D eigenvalue weighted by Crippen LogP contribution is 2.31. The third kappa shape index (κ3) is 5.89. The molecule has 2 amide bonds. The standard InChI is InChI=1S/C27H38N2O5/c1-10-12-24(27(4,5)6)28-29(26(31)20-13-11-14-21(32-7)17(20)2)25(30)19-15-22(33-8)18(3)23(16-19)34-9/h11,13-16,24,28H,10,12H2,1-9H3. The zero-order valence-electron chi connectivity index (χ0n) is 21.9. The number of hydrazine groups is 1. The average Bonchev–Trinajstić information content (AvgIpc) is 2.80. The number of carbonyl (C=O) groups is 2. The van der Waals surface area contributed by atoms with Crippen LogP contribution in [0.3, 0.4) is 0 Å². The Morgan fingerprint density at radius 3 is 1.94 bits per heavy atom. The molecule has 2 aromatic rings. The number of methoxy groups -OCH3 is 3. The molecule has 0 aliphatic carbocycles. The molecule has 0 spiro atoms. The molecular formula is C27H38N2O5. The minimum absolute atomic E-state index is 0.120. The lowest BCUT2D eigenvalue weighted by atomic mass is 9.84. The number of carbonyl (C=O) groups excluding carboxylic acids is 2. The first-order valence-corrected chi connectivity index (χ1v) is 11.5. The summed E-state index contributed by atoms with van der Waals surface area (Å²) in [6.45, 7) is 12.0. The molecule has 1 N–H and O–H groups in total. The van der Waals surface area contributed by atoms with Crippen LogP contribution in [-0.2, 0) is 0 Å². The molecule has 186 valence electrons. The van der Waals surface area contributed by atoms with E-state index in [1.165, 1.54) is 14.2 Å². The van der Waals surface area contributed by atoms with Gasteiger partial charge < -0.3 is 14.2 Å². The summed E-state index contributed by atoms with van der Waals surface area (Å²) in [5.74, 6) is 0.652. The number of benzene rings is 2. The van der Waals surface area contributed by atoms with Crippen molar-refractivity contribution in [2.24, 2.45) is 5.41 Å². The Morgan fingerprint density at radius 1 is 0.912 bits per heavy atom. The fourth-order valence-electron chi connectivity index (χ4n) is 3.87. The van der Waals surface area contributed by atoms with Gasteiger partial charge in [0.1, 0.15) is 17.2 Å². The van der Waals surface area contributed by atoms with Crippen LogP contribution in [0.4, 0.5) is 0 Å². The van der Waals surface area contributed by atoms with Crippen LogP contribution in [0.15, 0.2) is 30.3 Å². The fourth-order valence-corrected chi connectivity index (χ4v) is 3.87. The van der Waals surface area contributed by atoms with E-state index >= 15 is 0 Å². The second-order valence-corrected chi connectivity index (χ2v) is 9.42. The summed E-state index contributed by atoms with van der Waals surface area (Å²) in [4.78, 5) is 27.7. The quantitative estimate of drug-likeness (QED) is 0.394. The highest BCUT2D eigenvalue weighted by Gasteiger charge is 2.33. The van der Waals surface area contributed by atoms with Crippen LogP contribution < -0.4 is 19.6 Å². The van der Waals surface area contributed by atoms with Gasteiger partial charge in [0.25, 0.3) is 11.8 Å². The fraction of sp³-hybridized carbons (Fsp3) is 0.481. The minimum Gasteiger partial charge on any atom is -0.496 e. The van der Waals surface area contributed by atoms with Crippen LogP contribution >= 0.6 is 0 Å². The lowest BCUT2D eigenvalue weighted by molar-refractivity contribution is 0.0424. The number of nitrogens with one attached hydrogen (secondary N) is 1. The number of rotatable bonds is 9. The molecule has 2 aromatic carbocycles. The van der Waals surface area contributed by atoms with Crippen molar-refractivity contribution in [2.45, 2.75) is 60.4 Å². The molecule has 0 aromatic heterocycles. The molecule has 1 unspecified atom stereocenters. The van der Waals surface area contributed by atoms with Crippen molar-refractivity contribution in [3.05, 3.63) is 52.6 Å². The van der Waals surface area contributed by atoms with Crippen molar-refractivity contribution in [3.63, 3.8) is 0 Å². The number of amides is 2. The minimum atomic E-state index is -0.492. The van der Waals surface area contributed by atoms with Crippen molar-refractivity contribution in [1.29, 1.82) is 0 Å². The van der Waals surface area contributed by atoms with Gasteiger partial charge in [0.05, 0.1) is 21.3 Å². The number of nitrogens with zero attached hydrogens (tertiary/aromatic N) is 1. The van der Waals surface area contributed by atoms with Gasteiger partial charge in [-0.2, -0.15) is 0 Å². The maximum absolute atomic E-state index is 13.8. The first-order valence-electron chi connectivity index (χ1n) is 11.5. The third-order valence-corrected chi connectivity index (χ3v) is 6.05. The normalized spacial score (nSPS) is 12.1. The maximum atomic E-state index is 13.8. The van der Waals surface area contributed by atoms with E-state index in [4.69, 9.17) is 14.2 Å². The summed E-state index contributed by atoms with van der Waals surface area (Å²) in [7, 11) is 4.63. The van der Waals surface area contributed by atoms with Crippen molar-refractivity contribution < 1.29 is 23.8 Å². The van der Waals surface area contributed by atoms with Gasteiger partial charge in [0, 0.05) is 28.3 Å². The van der Waals surface area contributed by atoms with E-state index in [9.17, 15) is 9.59 Å². The van der Waals surface area contributed by atoms with E-state index in [0.29, 0.717) is 28.4 Å². The highest BCUT2D eigenvalue weighted by molar-refractivity contribution is 6.11. The SMILES string of the molecule is CCCC(NN(C(=O)c1cc(OC)c(C)c(OC)c1)C(=O)c1cccc(OC)c1C)C(C)(C)C. The van der Waals surface area contributed by atoms with Gasteiger partial charge in [0.2, 0.25) is 0 Å². The molecule has 0 radical (unpaired) electrons. The van der Waals surface area contributed by atoms with E-state index in [-0.39, 0.29) is 17.0 Å². The molecule has 0 heterocycles. The summed E-state index contributed by atoms with van der Waals surface area (Å²) in [5, 5.41) is 1.12. The van der Waals surface area contributed by atoms with E-state index in [1.807, 2.05) is 6.92 Å². The second kappa shape index (κ2) is 11.4.